The number of rotatable bonds is 5. The van der Waals surface area contributed by atoms with Crippen LogP contribution in [-0.4, -0.2) is 36.2 Å². The van der Waals surface area contributed by atoms with Crippen LogP contribution in [-0.2, 0) is 0 Å². The Morgan fingerprint density at radius 3 is 2.39 bits per heavy atom. The molecule has 1 aliphatic carbocycles. The van der Waals surface area contributed by atoms with E-state index in [1.165, 1.54) is 49.1 Å². The van der Waals surface area contributed by atoms with E-state index in [1.807, 2.05) is 0 Å². The molecular weight excluding hydrogens is 312 g/mol. The standard InChI is InChI=1S/C16H24N4O2S/c1-19(2)16(10-4-3-5-11-16)12-17-15(23)18-13-6-8-14(9-7-13)20(21)22/h6-9H,3-5,10-12H2,1-2H3,(H2,17,18,23)/p+1. The molecule has 1 aromatic rings. The molecule has 126 valence electrons. The topological polar surface area (TPSA) is 71.6 Å². The van der Waals surface area contributed by atoms with Gasteiger partial charge in [-0.05, 0) is 37.2 Å². The van der Waals surface area contributed by atoms with Crippen LogP contribution >= 0.6 is 12.2 Å². The Morgan fingerprint density at radius 2 is 1.87 bits per heavy atom. The highest BCUT2D eigenvalue weighted by Gasteiger charge is 2.37. The Bertz CT molecular complexity index is 554. The van der Waals surface area contributed by atoms with Crippen LogP contribution in [0.25, 0.3) is 0 Å². The van der Waals surface area contributed by atoms with Gasteiger partial charge in [0.05, 0.1) is 25.6 Å². The van der Waals surface area contributed by atoms with Crippen molar-refractivity contribution in [1.82, 2.24) is 5.32 Å². The molecule has 0 bridgehead atoms. The van der Waals surface area contributed by atoms with Gasteiger partial charge < -0.3 is 15.5 Å². The maximum absolute atomic E-state index is 10.7. The minimum absolute atomic E-state index is 0.0757. The summed E-state index contributed by atoms with van der Waals surface area (Å²) in [5.74, 6) is 0. The first kappa shape index (κ1) is 17.6. The van der Waals surface area contributed by atoms with Crippen molar-refractivity contribution in [3.05, 3.63) is 34.4 Å². The summed E-state index contributed by atoms with van der Waals surface area (Å²) in [5.41, 5.74) is 1.06. The van der Waals surface area contributed by atoms with Crippen molar-refractivity contribution in [2.45, 2.75) is 37.6 Å². The molecule has 0 spiro atoms. The van der Waals surface area contributed by atoms with Crippen LogP contribution in [0, 0.1) is 10.1 Å². The number of hydrogen-bond acceptors (Lipinski definition) is 3. The summed E-state index contributed by atoms with van der Waals surface area (Å²) >= 11 is 5.36. The Kier molecular flexibility index (Phi) is 5.90. The van der Waals surface area contributed by atoms with Gasteiger partial charge in [0.2, 0.25) is 0 Å². The molecule has 0 atom stereocenters. The van der Waals surface area contributed by atoms with Crippen LogP contribution in [0.5, 0.6) is 0 Å². The van der Waals surface area contributed by atoms with Crippen molar-refractivity contribution in [2.24, 2.45) is 0 Å². The van der Waals surface area contributed by atoms with Gasteiger partial charge in [0.25, 0.3) is 5.69 Å². The third-order valence-corrected chi connectivity index (χ3v) is 5.04. The Labute approximate surface area is 142 Å². The lowest BCUT2D eigenvalue weighted by Gasteiger charge is -2.40. The highest BCUT2D eigenvalue weighted by molar-refractivity contribution is 7.80. The lowest BCUT2D eigenvalue weighted by molar-refractivity contribution is -0.916. The summed E-state index contributed by atoms with van der Waals surface area (Å²) in [6.45, 7) is 0.841. The van der Waals surface area contributed by atoms with Crippen LogP contribution in [0.1, 0.15) is 32.1 Å². The van der Waals surface area contributed by atoms with E-state index in [2.05, 4.69) is 24.7 Å². The van der Waals surface area contributed by atoms with Gasteiger partial charge in [-0.3, -0.25) is 10.1 Å². The zero-order valence-electron chi connectivity index (χ0n) is 13.7. The van der Waals surface area contributed by atoms with E-state index in [9.17, 15) is 10.1 Å². The largest absolute Gasteiger partial charge is 0.356 e. The van der Waals surface area contributed by atoms with Gasteiger partial charge in [0.15, 0.2) is 5.11 Å². The predicted molar refractivity (Wildman–Crippen MR) is 95.9 cm³/mol. The second kappa shape index (κ2) is 7.70. The van der Waals surface area contributed by atoms with Gasteiger partial charge in [-0.25, -0.2) is 0 Å². The maximum Gasteiger partial charge on any atom is 0.269 e. The van der Waals surface area contributed by atoms with Crippen LogP contribution in [0.3, 0.4) is 0 Å². The number of nitrogens with one attached hydrogen (secondary N) is 3. The summed E-state index contributed by atoms with van der Waals surface area (Å²) in [5, 5.41) is 17.6. The van der Waals surface area contributed by atoms with Crippen LogP contribution in [0.2, 0.25) is 0 Å². The molecule has 1 fully saturated rings. The predicted octanol–water partition coefficient (Wildman–Crippen LogP) is 1.73. The van der Waals surface area contributed by atoms with E-state index < -0.39 is 4.92 Å². The van der Waals surface area contributed by atoms with Gasteiger partial charge in [-0.1, -0.05) is 6.42 Å². The summed E-state index contributed by atoms with van der Waals surface area (Å²) in [7, 11) is 4.42. The number of non-ortho nitro benzene ring substituents is 1. The molecule has 1 saturated carbocycles. The minimum Gasteiger partial charge on any atom is -0.356 e. The number of benzene rings is 1. The van der Waals surface area contributed by atoms with E-state index in [1.54, 1.807) is 12.1 Å². The smallest absolute Gasteiger partial charge is 0.269 e. The number of hydrogen-bond donors (Lipinski definition) is 3. The molecule has 0 amide bonds. The molecule has 2 rings (SSSR count). The molecule has 0 unspecified atom stereocenters. The fourth-order valence-electron chi connectivity index (χ4n) is 3.17. The van der Waals surface area contributed by atoms with Crippen molar-refractivity contribution in [1.29, 1.82) is 0 Å². The Balaban J connectivity index is 1.90. The monoisotopic (exact) mass is 337 g/mol. The molecule has 0 heterocycles. The van der Waals surface area contributed by atoms with Gasteiger partial charge in [-0.15, -0.1) is 0 Å². The summed E-state index contributed by atoms with van der Waals surface area (Å²) in [6, 6.07) is 6.27. The van der Waals surface area contributed by atoms with Crippen LogP contribution in [0.15, 0.2) is 24.3 Å². The molecule has 23 heavy (non-hydrogen) atoms. The SMILES string of the molecule is C[NH+](C)C1(CNC(=S)Nc2ccc([N+](=O)[O-])cc2)CCCCC1. The molecule has 0 aromatic heterocycles. The second-order valence-electron chi connectivity index (χ2n) is 6.45. The molecule has 1 aromatic carbocycles. The van der Waals surface area contributed by atoms with E-state index in [-0.39, 0.29) is 11.2 Å². The number of anilines is 1. The summed E-state index contributed by atoms with van der Waals surface area (Å²) < 4.78 is 0. The first-order chi connectivity index (χ1) is 10.9. The van der Waals surface area contributed by atoms with E-state index >= 15 is 0 Å². The van der Waals surface area contributed by atoms with Gasteiger partial charge in [0.1, 0.15) is 5.54 Å². The normalized spacial score (nSPS) is 16.8. The van der Waals surface area contributed by atoms with Crippen molar-refractivity contribution >= 4 is 28.7 Å². The van der Waals surface area contributed by atoms with Crippen molar-refractivity contribution in [3.63, 3.8) is 0 Å². The van der Waals surface area contributed by atoms with E-state index in [0.717, 1.165) is 12.2 Å². The third kappa shape index (κ3) is 4.62. The average molecular weight is 337 g/mol. The van der Waals surface area contributed by atoms with Crippen molar-refractivity contribution in [3.8, 4) is 0 Å². The molecular formula is C16H25N4O2S+. The first-order valence-electron chi connectivity index (χ1n) is 8.03. The quantitative estimate of drug-likeness (QED) is 0.434. The molecule has 6 nitrogen and oxygen atoms in total. The zero-order chi connectivity index (χ0) is 16.9. The zero-order valence-corrected chi connectivity index (χ0v) is 14.5. The molecule has 1 aliphatic rings. The molecule has 0 aliphatic heterocycles. The van der Waals surface area contributed by atoms with Crippen LogP contribution < -0.4 is 15.5 Å². The Hall–Kier alpha value is -1.73. The lowest BCUT2D eigenvalue weighted by atomic mass is 9.80. The maximum atomic E-state index is 10.7. The lowest BCUT2D eigenvalue weighted by Crippen LogP contribution is -3.16. The molecule has 0 radical (unpaired) electrons. The number of nitro groups is 1. The van der Waals surface area contributed by atoms with E-state index in [0.29, 0.717) is 5.11 Å². The first-order valence-corrected chi connectivity index (χ1v) is 8.44. The minimum atomic E-state index is -0.410. The number of nitrogens with zero attached hydrogens (tertiary/aromatic N) is 1. The Morgan fingerprint density at radius 1 is 1.26 bits per heavy atom. The summed E-state index contributed by atoms with van der Waals surface area (Å²) in [4.78, 5) is 11.7. The molecule has 3 N–H and O–H groups in total. The fourth-order valence-corrected chi connectivity index (χ4v) is 3.36. The second-order valence-corrected chi connectivity index (χ2v) is 6.86. The highest BCUT2D eigenvalue weighted by atomic mass is 32.1. The van der Waals surface area contributed by atoms with Gasteiger partial charge in [0, 0.05) is 30.7 Å². The van der Waals surface area contributed by atoms with Crippen molar-refractivity contribution in [2.75, 3.05) is 26.0 Å². The van der Waals surface area contributed by atoms with Gasteiger partial charge in [-0.2, -0.15) is 0 Å². The number of likely N-dealkylation sites (N-methyl/N-ethyl adjacent to an activating group) is 1. The highest BCUT2D eigenvalue weighted by Crippen LogP contribution is 2.25. The average Bonchev–Trinajstić information content (AvgIpc) is 2.54. The van der Waals surface area contributed by atoms with Crippen LogP contribution in [0.4, 0.5) is 11.4 Å². The number of nitro benzene ring substituents is 1. The molecule has 7 heteroatoms. The number of thiocarbonyl (C=S) groups is 1. The fraction of sp³-hybridized carbons (Fsp3) is 0.562. The molecule has 0 saturated heterocycles. The third-order valence-electron chi connectivity index (χ3n) is 4.79. The number of quaternary nitrogens is 1. The summed E-state index contributed by atoms with van der Waals surface area (Å²) in [6.07, 6.45) is 6.29. The van der Waals surface area contributed by atoms with E-state index in [4.69, 9.17) is 12.2 Å². The van der Waals surface area contributed by atoms with Crippen molar-refractivity contribution < 1.29 is 9.82 Å². The van der Waals surface area contributed by atoms with Gasteiger partial charge >= 0.3 is 0 Å².